The van der Waals surface area contributed by atoms with Crippen molar-refractivity contribution in [2.75, 3.05) is 33.2 Å². The van der Waals surface area contributed by atoms with Gasteiger partial charge in [-0.25, -0.2) is 8.51 Å². The summed E-state index contributed by atoms with van der Waals surface area (Å²) in [4.78, 5) is 30.9. The van der Waals surface area contributed by atoms with E-state index in [9.17, 15) is 13.8 Å². The van der Waals surface area contributed by atoms with Gasteiger partial charge in [-0.15, -0.1) is 0 Å². The number of nitrogens with zero attached hydrogens (tertiary/aromatic N) is 3. The minimum absolute atomic E-state index is 0.159. The molecular formula is C28H37N5O3S. The van der Waals surface area contributed by atoms with Gasteiger partial charge < -0.3 is 19.8 Å². The average Bonchev–Trinajstić information content (AvgIpc) is 3.12. The Balaban J connectivity index is 1.30. The lowest BCUT2D eigenvalue weighted by Crippen LogP contribution is -2.54. The number of aromatic nitrogens is 2. The number of fused-ring (bicyclic) bond motifs is 1. The molecule has 3 aromatic rings. The number of H-pyrrole nitrogens is 1. The minimum Gasteiger partial charge on any atom is -0.348 e. The zero-order valence-corrected chi connectivity index (χ0v) is 23.0. The summed E-state index contributed by atoms with van der Waals surface area (Å²) in [5.41, 5.74) is 4.77. The number of carbonyl (C=O) groups excluding carboxylic acids is 1. The van der Waals surface area contributed by atoms with Crippen LogP contribution in [0.25, 0.3) is 10.9 Å². The smallest absolute Gasteiger partial charge is 0.254 e. The van der Waals surface area contributed by atoms with Crippen molar-refractivity contribution in [2.45, 2.75) is 52.0 Å². The van der Waals surface area contributed by atoms with Crippen LogP contribution in [0.3, 0.4) is 0 Å². The van der Waals surface area contributed by atoms with E-state index in [0.717, 1.165) is 73.4 Å². The van der Waals surface area contributed by atoms with Crippen molar-refractivity contribution in [1.29, 1.82) is 0 Å². The monoisotopic (exact) mass is 523 g/mol. The third-order valence-corrected chi connectivity index (χ3v) is 9.70. The number of carbonyl (C=O) groups is 1. The molecule has 2 aromatic heterocycles. The first kappa shape index (κ1) is 25.9. The van der Waals surface area contributed by atoms with Gasteiger partial charge in [0.05, 0.1) is 21.8 Å². The Hall–Kier alpha value is -2.75. The highest BCUT2D eigenvalue weighted by atomic mass is 32.2. The molecule has 0 saturated carbocycles. The van der Waals surface area contributed by atoms with Gasteiger partial charge in [0.25, 0.3) is 11.5 Å². The van der Waals surface area contributed by atoms with Crippen LogP contribution in [-0.2, 0) is 24.1 Å². The van der Waals surface area contributed by atoms with E-state index in [0.29, 0.717) is 17.0 Å². The van der Waals surface area contributed by atoms with E-state index >= 15 is 0 Å². The predicted octanol–water partition coefficient (Wildman–Crippen LogP) is 2.87. The number of aryl methyl sites for hydroxylation is 2. The highest BCUT2D eigenvalue weighted by Crippen LogP contribution is 2.30. The molecule has 9 heteroatoms. The molecule has 0 spiro atoms. The largest absolute Gasteiger partial charge is 0.348 e. The molecular weight excluding hydrogens is 486 g/mol. The van der Waals surface area contributed by atoms with Gasteiger partial charge in [0, 0.05) is 67.1 Å². The van der Waals surface area contributed by atoms with E-state index < -0.39 is 11.0 Å². The number of rotatable bonds is 7. The van der Waals surface area contributed by atoms with Crippen molar-refractivity contribution in [3.8, 4) is 0 Å². The van der Waals surface area contributed by atoms with Gasteiger partial charge >= 0.3 is 0 Å². The normalized spacial score (nSPS) is 18.7. The molecule has 2 aliphatic heterocycles. The Morgan fingerprint density at radius 1 is 1.14 bits per heavy atom. The van der Waals surface area contributed by atoms with Crippen molar-refractivity contribution < 1.29 is 9.00 Å². The zero-order valence-electron chi connectivity index (χ0n) is 22.2. The minimum atomic E-state index is -0.891. The Bertz CT molecular complexity index is 1400. The third-order valence-electron chi connectivity index (χ3n) is 7.96. The molecule has 198 valence electrons. The number of para-hydroxylation sites is 1. The fourth-order valence-electron chi connectivity index (χ4n) is 5.82. The summed E-state index contributed by atoms with van der Waals surface area (Å²) in [5.74, 6) is 0.305. The maximum Gasteiger partial charge on any atom is 0.254 e. The molecule has 1 unspecified atom stereocenters. The molecule has 2 saturated heterocycles. The number of hydrogen-bond acceptors (Lipinski definition) is 4. The Morgan fingerprint density at radius 3 is 2.51 bits per heavy atom. The number of nitrogens with one attached hydrogen (secondary N) is 2. The second-order valence-electron chi connectivity index (χ2n) is 10.7. The fraction of sp³-hybridized carbons (Fsp3) is 0.500. The second-order valence-corrected chi connectivity index (χ2v) is 12.4. The van der Waals surface area contributed by atoms with Crippen molar-refractivity contribution in [3.05, 3.63) is 68.8 Å². The maximum atomic E-state index is 13.4. The molecule has 0 bridgehead atoms. The first-order valence-corrected chi connectivity index (χ1v) is 14.3. The quantitative estimate of drug-likeness (QED) is 0.498. The Labute approximate surface area is 220 Å². The highest BCUT2D eigenvalue weighted by molar-refractivity contribution is 7.83. The lowest BCUT2D eigenvalue weighted by Gasteiger charge is -2.40. The molecule has 1 amide bonds. The van der Waals surface area contributed by atoms with Crippen LogP contribution < -0.4 is 10.9 Å². The van der Waals surface area contributed by atoms with E-state index in [4.69, 9.17) is 0 Å². The summed E-state index contributed by atoms with van der Waals surface area (Å²) in [6, 6.07) is 9.97. The van der Waals surface area contributed by atoms with Crippen LogP contribution in [0.15, 0.2) is 35.1 Å². The van der Waals surface area contributed by atoms with Crippen molar-refractivity contribution in [3.63, 3.8) is 0 Å². The number of amides is 1. The van der Waals surface area contributed by atoms with Crippen LogP contribution in [-0.4, -0.2) is 67.3 Å². The van der Waals surface area contributed by atoms with Crippen LogP contribution in [0.4, 0.5) is 0 Å². The standard InChI is InChI=1S/C28H37N5O3S/c1-18-13-19(2)30-27(34)24(18)14-29-28(35)26-20(3)33(25-8-6-5-7-23(25)26)15-21-9-11-32(12-10-21)37(36)22-16-31(4)17-22/h5-8,13,21-22H,9-12,14-17H2,1-4H3,(H,29,35)(H,30,34). The number of likely N-dealkylation sites (tertiary alicyclic amines) is 1. The van der Waals surface area contributed by atoms with Crippen LogP contribution >= 0.6 is 0 Å². The zero-order chi connectivity index (χ0) is 26.3. The van der Waals surface area contributed by atoms with Gasteiger partial charge in [0.2, 0.25) is 0 Å². The Morgan fingerprint density at radius 2 is 1.84 bits per heavy atom. The fourth-order valence-corrected chi connectivity index (χ4v) is 7.58. The van der Waals surface area contributed by atoms with Crippen LogP contribution in [0.1, 0.15) is 45.7 Å². The van der Waals surface area contributed by atoms with Crippen LogP contribution in [0, 0.1) is 26.7 Å². The molecule has 2 N–H and O–H groups in total. The lowest BCUT2D eigenvalue weighted by atomic mass is 9.98. The van der Waals surface area contributed by atoms with Crippen molar-refractivity contribution in [2.24, 2.45) is 5.92 Å². The average molecular weight is 524 g/mol. The molecule has 1 aromatic carbocycles. The summed E-state index contributed by atoms with van der Waals surface area (Å²) < 4.78 is 17.3. The predicted molar refractivity (Wildman–Crippen MR) is 148 cm³/mol. The van der Waals surface area contributed by atoms with Crippen molar-refractivity contribution >= 4 is 27.8 Å². The third kappa shape index (κ3) is 5.17. The highest BCUT2D eigenvalue weighted by Gasteiger charge is 2.34. The molecule has 1 atom stereocenters. The number of benzene rings is 1. The van der Waals surface area contributed by atoms with Crippen LogP contribution in [0.5, 0.6) is 0 Å². The van der Waals surface area contributed by atoms with Gasteiger partial charge in [-0.05, 0) is 64.3 Å². The van der Waals surface area contributed by atoms with Gasteiger partial charge in [-0.2, -0.15) is 0 Å². The number of aromatic amines is 1. The number of hydrogen-bond donors (Lipinski definition) is 2. The molecule has 8 nitrogen and oxygen atoms in total. The van der Waals surface area contributed by atoms with Gasteiger partial charge in [-0.3, -0.25) is 9.59 Å². The maximum absolute atomic E-state index is 13.4. The molecule has 0 radical (unpaired) electrons. The van der Waals surface area contributed by atoms with E-state index in [1.54, 1.807) is 0 Å². The summed E-state index contributed by atoms with van der Waals surface area (Å²) in [7, 11) is 1.18. The summed E-state index contributed by atoms with van der Waals surface area (Å²) in [6.07, 6.45) is 1.99. The van der Waals surface area contributed by atoms with Gasteiger partial charge in [-0.1, -0.05) is 18.2 Å². The summed E-state index contributed by atoms with van der Waals surface area (Å²) in [6.45, 7) is 10.3. The van der Waals surface area contributed by atoms with E-state index in [2.05, 4.69) is 37.2 Å². The number of pyridine rings is 1. The SMILES string of the molecule is Cc1cc(C)c(CNC(=O)c2c(C)n(CC3CCN(S(=O)C4CN(C)C4)CC3)c3ccccc23)c(=O)[nH]1. The second kappa shape index (κ2) is 10.6. The van der Waals surface area contributed by atoms with E-state index in [1.165, 1.54) is 0 Å². The van der Waals surface area contributed by atoms with Crippen molar-refractivity contribution in [1.82, 2.24) is 24.1 Å². The topological polar surface area (TPSA) is 90.4 Å². The molecule has 37 heavy (non-hydrogen) atoms. The first-order valence-electron chi connectivity index (χ1n) is 13.1. The number of piperidine rings is 1. The van der Waals surface area contributed by atoms with E-state index in [1.807, 2.05) is 45.0 Å². The first-order chi connectivity index (χ1) is 17.7. The van der Waals surface area contributed by atoms with Gasteiger partial charge in [0.15, 0.2) is 0 Å². The van der Waals surface area contributed by atoms with E-state index in [-0.39, 0.29) is 23.3 Å². The molecule has 4 heterocycles. The summed E-state index contributed by atoms with van der Waals surface area (Å²) in [5, 5.41) is 4.20. The Kier molecular flexibility index (Phi) is 7.38. The molecule has 5 rings (SSSR count). The molecule has 2 fully saturated rings. The lowest BCUT2D eigenvalue weighted by molar-refractivity contribution is 0.0951. The summed E-state index contributed by atoms with van der Waals surface area (Å²) >= 11 is 0. The van der Waals surface area contributed by atoms with Crippen LogP contribution in [0.2, 0.25) is 0 Å². The van der Waals surface area contributed by atoms with Gasteiger partial charge in [0.1, 0.15) is 0 Å². The molecule has 2 aliphatic rings. The molecule has 0 aliphatic carbocycles.